The number of hydrogen-bond donors (Lipinski definition) is 3. The first kappa shape index (κ1) is 24.8. The van der Waals surface area contributed by atoms with E-state index in [2.05, 4.69) is 34.9 Å². The Morgan fingerprint density at radius 1 is 0.971 bits per heavy atom. The summed E-state index contributed by atoms with van der Waals surface area (Å²) < 4.78 is 5.61. The molecule has 35 heavy (non-hydrogen) atoms. The van der Waals surface area contributed by atoms with E-state index in [1.165, 1.54) is 0 Å². The van der Waals surface area contributed by atoms with Gasteiger partial charge in [-0.2, -0.15) is 0 Å². The second-order valence-corrected chi connectivity index (χ2v) is 10.8. The van der Waals surface area contributed by atoms with E-state index in [1.807, 2.05) is 24.3 Å². The molecule has 0 spiro atoms. The van der Waals surface area contributed by atoms with Crippen molar-refractivity contribution in [3.63, 3.8) is 0 Å². The van der Waals surface area contributed by atoms with Crippen LogP contribution >= 0.6 is 0 Å². The molecule has 1 fully saturated rings. The summed E-state index contributed by atoms with van der Waals surface area (Å²) in [5, 5.41) is 15.3. The zero-order valence-corrected chi connectivity index (χ0v) is 20.8. The van der Waals surface area contributed by atoms with Gasteiger partial charge in [0.25, 0.3) is 0 Å². The smallest absolute Gasteiger partial charge is 0.407 e. The predicted octanol–water partition coefficient (Wildman–Crippen LogP) is 4.70. The number of nitrogens with one attached hydrogen (secondary N) is 2. The number of carbonyl (C=O) groups excluding carboxylic acids is 2. The van der Waals surface area contributed by atoms with Gasteiger partial charge in [-0.3, -0.25) is 9.59 Å². The molecular weight excluding hydrogens is 444 g/mol. The number of carboxylic acid groups (broad SMARTS) is 1. The van der Waals surface area contributed by atoms with Gasteiger partial charge in [0.2, 0.25) is 5.91 Å². The summed E-state index contributed by atoms with van der Waals surface area (Å²) in [6.45, 7) is 6.97. The molecule has 0 aliphatic heterocycles. The average molecular weight is 479 g/mol. The van der Waals surface area contributed by atoms with Crippen LogP contribution in [0.25, 0.3) is 11.1 Å². The van der Waals surface area contributed by atoms with Gasteiger partial charge in [-0.1, -0.05) is 55.0 Å². The quantitative estimate of drug-likeness (QED) is 0.510. The molecule has 0 atom stereocenters. The molecule has 4 rings (SSSR count). The molecule has 1 saturated carbocycles. The van der Waals surface area contributed by atoms with Gasteiger partial charge < -0.3 is 20.5 Å². The molecule has 2 amide bonds. The Balaban J connectivity index is 1.37. The fourth-order valence-corrected chi connectivity index (χ4v) is 4.82. The standard InChI is InChI=1S/C28H34N2O5/c1-26(2,24(32)33)27(3,4)30-23(31)28(14-9-15-28)17-29-25(34)35-16-22-20-12-7-5-10-18(20)19-11-6-8-13-21(19)22/h5-8,10-13,22H,9,14-17H2,1-4H3,(H,29,34)(H,30,31)(H,32,33). The lowest BCUT2D eigenvalue weighted by molar-refractivity contribution is -0.153. The zero-order chi connectivity index (χ0) is 25.4. The van der Waals surface area contributed by atoms with Crippen molar-refractivity contribution in [2.75, 3.05) is 13.2 Å². The van der Waals surface area contributed by atoms with E-state index in [0.29, 0.717) is 12.8 Å². The van der Waals surface area contributed by atoms with Crippen LogP contribution in [0.2, 0.25) is 0 Å². The van der Waals surface area contributed by atoms with Crippen LogP contribution in [-0.2, 0) is 14.3 Å². The largest absolute Gasteiger partial charge is 0.481 e. The lowest BCUT2D eigenvalue weighted by Gasteiger charge is -2.45. The lowest BCUT2D eigenvalue weighted by atomic mass is 9.66. The Morgan fingerprint density at radius 3 is 2.00 bits per heavy atom. The van der Waals surface area contributed by atoms with Crippen LogP contribution in [0.4, 0.5) is 4.79 Å². The summed E-state index contributed by atoms with van der Waals surface area (Å²) in [5.41, 5.74) is 1.72. The number of rotatable bonds is 8. The number of fused-ring (bicyclic) bond motifs is 3. The first-order chi connectivity index (χ1) is 16.5. The minimum Gasteiger partial charge on any atom is -0.481 e. The molecule has 2 aromatic rings. The number of benzene rings is 2. The highest BCUT2D eigenvalue weighted by Crippen LogP contribution is 2.45. The maximum absolute atomic E-state index is 13.2. The number of aliphatic carboxylic acids is 1. The molecule has 0 bridgehead atoms. The van der Waals surface area contributed by atoms with Crippen molar-refractivity contribution >= 4 is 18.0 Å². The fraction of sp³-hybridized carbons (Fsp3) is 0.464. The highest BCUT2D eigenvalue weighted by Gasteiger charge is 2.50. The Morgan fingerprint density at radius 2 is 1.51 bits per heavy atom. The second kappa shape index (κ2) is 9.02. The maximum Gasteiger partial charge on any atom is 0.407 e. The van der Waals surface area contributed by atoms with Crippen molar-refractivity contribution in [2.24, 2.45) is 10.8 Å². The van der Waals surface area contributed by atoms with E-state index in [0.717, 1.165) is 28.7 Å². The van der Waals surface area contributed by atoms with Crippen LogP contribution in [-0.4, -0.2) is 41.8 Å². The fourth-order valence-electron chi connectivity index (χ4n) is 4.82. The Hall–Kier alpha value is -3.35. The van der Waals surface area contributed by atoms with E-state index in [1.54, 1.807) is 27.7 Å². The summed E-state index contributed by atoms with van der Waals surface area (Å²) >= 11 is 0. The molecule has 0 radical (unpaired) electrons. The van der Waals surface area contributed by atoms with Gasteiger partial charge in [0.1, 0.15) is 6.61 Å². The molecule has 0 saturated heterocycles. The van der Waals surface area contributed by atoms with Crippen molar-refractivity contribution < 1.29 is 24.2 Å². The summed E-state index contributed by atoms with van der Waals surface area (Å²) in [5.74, 6) is -1.25. The topological polar surface area (TPSA) is 105 Å². The molecular formula is C28H34N2O5. The van der Waals surface area contributed by atoms with Gasteiger partial charge in [-0.15, -0.1) is 0 Å². The summed E-state index contributed by atoms with van der Waals surface area (Å²) in [7, 11) is 0. The molecule has 2 aromatic carbocycles. The molecule has 0 heterocycles. The van der Waals surface area contributed by atoms with Crippen molar-refractivity contribution in [1.29, 1.82) is 0 Å². The number of carbonyl (C=O) groups is 3. The number of amides is 2. The Kier molecular flexibility index (Phi) is 6.38. The first-order valence-electron chi connectivity index (χ1n) is 12.1. The number of hydrogen-bond acceptors (Lipinski definition) is 4. The number of alkyl carbamates (subject to hydrolysis) is 1. The van der Waals surface area contributed by atoms with Crippen molar-refractivity contribution in [3.05, 3.63) is 59.7 Å². The molecule has 0 aromatic heterocycles. The van der Waals surface area contributed by atoms with Crippen LogP contribution < -0.4 is 10.6 Å². The molecule has 186 valence electrons. The third kappa shape index (κ3) is 4.40. The van der Waals surface area contributed by atoms with Crippen LogP contribution in [0.5, 0.6) is 0 Å². The van der Waals surface area contributed by atoms with E-state index in [9.17, 15) is 19.5 Å². The predicted molar refractivity (Wildman–Crippen MR) is 133 cm³/mol. The van der Waals surface area contributed by atoms with Crippen LogP contribution in [0, 0.1) is 10.8 Å². The maximum atomic E-state index is 13.2. The monoisotopic (exact) mass is 478 g/mol. The van der Waals surface area contributed by atoms with Gasteiger partial charge in [-0.05, 0) is 62.8 Å². The molecule has 7 nitrogen and oxygen atoms in total. The minimum absolute atomic E-state index is 0.0341. The van der Waals surface area contributed by atoms with E-state index >= 15 is 0 Å². The summed E-state index contributed by atoms with van der Waals surface area (Å²) in [4.78, 5) is 37.5. The van der Waals surface area contributed by atoms with Crippen molar-refractivity contribution in [2.45, 2.75) is 58.4 Å². The normalized spacial score (nSPS) is 16.5. The molecule has 2 aliphatic carbocycles. The lowest BCUT2D eigenvalue weighted by Crippen LogP contribution is -2.62. The molecule has 3 N–H and O–H groups in total. The second-order valence-electron chi connectivity index (χ2n) is 10.8. The third-order valence-electron chi connectivity index (χ3n) is 8.23. The van der Waals surface area contributed by atoms with Crippen LogP contribution in [0.15, 0.2) is 48.5 Å². The van der Waals surface area contributed by atoms with E-state index < -0.39 is 28.4 Å². The van der Waals surface area contributed by atoms with Gasteiger partial charge in [0.05, 0.1) is 10.8 Å². The van der Waals surface area contributed by atoms with Gasteiger partial charge >= 0.3 is 12.1 Å². The molecule has 0 unspecified atom stereocenters. The van der Waals surface area contributed by atoms with Crippen molar-refractivity contribution in [3.8, 4) is 11.1 Å². The van der Waals surface area contributed by atoms with Crippen molar-refractivity contribution in [1.82, 2.24) is 10.6 Å². The Labute approximate surface area is 206 Å². The first-order valence-corrected chi connectivity index (χ1v) is 12.1. The van der Waals surface area contributed by atoms with E-state index in [-0.39, 0.29) is 25.0 Å². The Bertz CT molecular complexity index is 1100. The summed E-state index contributed by atoms with van der Waals surface area (Å²) in [6, 6.07) is 16.3. The van der Waals surface area contributed by atoms with Crippen LogP contribution in [0.1, 0.15) is 64.0 Å². The number of carboxylic acids is 1. The third-order valence-corrected chi connectivity index (χ3v) is 8.23. The zero-order valence-electron chi connectivity index (χ0n) is 20.8. The minimum atomic E-state index is -1.16. The van der Waals surface area contributed by atoms with Gasteiger partial charge in [-0.25, -0.2) is 4.79 Å². The average Bonchev–Trinajstić information content (AvgIpc) is 3.10. The molecule has 2 aliphatic rings. The summed E-state index contributed by atoms with van der Waals surface area (Å²) in [6.07, 6.45) is 1.58. The highest BCUT2D eigenvalue weighted by atomic mass is 16.5. The van der Waals surface area contributed by atoms with Gasteiger partial charge in [0.15, 0.2) is 0 Å². The van der Waals surface area contributed by atoms with Crippen LogP contribution in [0.3, 0.4) is 0 Å². The van der Waals surface area contributed by atoms with E-state index in [4.69, 9.17) is 4.74 Å². The number of ether oxygens (including phenoxy) is 1. The highest BCUT2D eigenvalue weighted by molar-refractivity contribution is 5.86. The SMILES string of the molecule is CC(C)(NC(=O)C1(CNC(=O)OCC2c3ccccc3-c3ccccc32)CCC1)C(C)(C)C(=O)O. The molecule has 7 heteroatoms. The van der Waals surface area contributed by atoms with Gasteiger partial charge in [0, 0.05) is 18.0 Å².